The molecular formula is C15H14N2. The molecule has 2 N–H and O–H groups in total. The van der Waals surface area contributed by atoms with E-state index in [1.807, 2.05) is 30.6 Å². The van der Waals surface area contributed by atoms with Crippen LogP contribution in [0.5, 0.6) is 0 Å². The quantitative estimate of drug-likeness (QED) is 0.682. The normalized spacial score (nSPS) is 10.9. The van der Waals surface area contributed by atoms with Gasteiger partial charge in [-0.3, -0.25) is 0 Å². The van der Waals surface area contributed by atoms with Crippen LogP contribution in [0.4, 0.5) is 0 Å². The van der Waals surface area contributed by atoms with Crippen molar-refractivity contribution in [3.05, 3.63) is 83.9 Å². The number of aromatic amines is 2. The van der Waals surface area contributed by atoms with Gasteiger partial charge in [-0.2, -0.15) is 0 Å². The fraction of sp³-hybridized carbons (Fsp3) is 0.0667. The highest BCUT2D eigenvalue weighted by atomic mass is 14.9. The average molecular weight is 224 g/mol. The molecule has 2 heterocycles. The zero-order chi connectivity index (χ0) is 11.5. The number of rotatable bonds is 3. The molecule has 0 aliphatic carbocycles. The SMILES string of the molecule is c1ccc(C(c2cc[13cH][nH]2)c2cc[13cH][nH]2)cc1. The smallest absolute Gasteiger partial charge is 0.0641 e. The van der Waals surface area contributed by atoms with Crippen LogP contribution in [-0.4, -0.2) is 9.97 Å². The van der Waals surface area contributed by atoms with E-state index in [0.29, 0.717) is 0 Å². The highest BCUT2D eigenvalue weighted by Crippen LogP contribution is 2.29. The molecule has 0 atom stereocenters. The third-order valence-corrected chi connectivity index (χ3v) is 3.00. The van der Waals surface area contributed by atoms with Crippen molar-refractivity contribution >= 4 is 0 Å². The Morgan fingerprint density at radius 3 is 1.71 bits per heavy atom. The van der Waals surface area contributed by atoms with Crippen molar-refractivity contribution in [3.8, 4) is 0 Å². The minimum atomic E-state index is 0.251. The van der Waals surface area contributed by atoms with Crippen LogP contribution in [-0.2, 0) is 0 Å². The van der Waals surface area contributed by atoms with Gasteiger partial charge in [0.15, 0.2) is 0 Å². The largest absolute Gasteiger partial charge is 0.364 e. The van der Waals surface area contributed by atoms with Crippen molar-refractivity contribution in [1.29, 1.82) is 0 Å². The molecule has 0 bridgehead atoms. The van der Waals surface area contributed by atoms with Gasteiger partial charge >= 0.3 is 0 Å². The van der Waals surface area contributed by atoms with Crippen LogP contribution in [0.15, 0.2) is 67.0 Å². The van der Waals surface area contributed by atoms with E-state index < -0.39 is 0 Å². The second-order valence-electron chi connectivity index (χ2n) is 4.09. The lowest BCUT2D eigenvalue weighted by molar-refractivity contribution is 0.898. The molecule has 1 aromatic carbocycles. The second-order valence-corrected chi connectivity index (χ2v) is 4.09. The van der Waals surface area contributed by atoms with Crippen LogP contribution in [0.2, 0.25) is 0 Å². The Hall–Kier alpha value is -2.22. The van der Waals surface area contributed by atoms with E-state index >= 15 is 0 Å². The lowest BCUT2D eigenvalue weighted by Gasteiger charge is -2.15. The highest BCUT2D eigenvalue weighted by molar-refractivity contribution is 5.37. The van der Waals surface area contributed by atoms with Gasteiger partial charge in [-0.15, -0.1) is 0 Å². The Labute approximate surface area is 100 Å². The summed E-state index contributed by atoms with van der Waals surface area (Å²) in [5.74, 6) is 0.251. The van der Waals surface area contributed by atoms with Crippen LogP contribution >= 0.6 is 0 Å². The van der Waals surface area contributed by atoms with Crippen molar-refractivity contribution in [2.75, 3.05) is 0 Å². The standard InChI is InChI=1S/C15H14N2/c1-2-6-12(7-3-1)15(13-8-4-10-16-13)14-9-5-11-17-14/h1-11,15-17H/i10+1,11+1. The molecule has 3 aromatic rings. The molecule has 2 heteroatoms. The summed E-state index contributed by atoms with van der Waals surface area (Å²) in [6, 6.07) is 18.8. The molecule has 84 valence electrons. The van der Waals surface area contributed by atoms with E-state index in [1.165, 1.54) is 17.0 Å². The lowest BCUT2D eigenvalue weighted by Crippen LogP contribution is -2.03. The summed E-state index contributed by atoms with van der Waals surface area (Å²) in [5, 5.41) is 0. The Morgan fingerprint density at radius 2 is 1.24 bits per heavy atom. The maximum Gasteiger partial charge on any atom is 0.0641 e. The molecule has 3 rings (SSSR count). The third kappa shape index (κ3) is 1.89. The first-order valence-corrected chi connectivity index (χ1v) is 5.76. The molecular weight excluding hydrogens is 210 g/mol. The van der Waals surface area contributed by atoms with Crippen molar-refractivity contribution < 1.29 is 0 Å². The van der Waals surface area contributed by atoms with Gasteiger partial charge in [0.05, 0.1) is 5.92 Å². The van der Waals surface area contributed by atoms with Gasteiger partial charge < -0.3 is 9.97 Å². The Bertz CT molecular complexity index is 516. The topological polar surface area (TPSA) is 31.6 Å². The minimum absolute atomic E-state index is 0.251. The molecule has 0 spiro atoms. The first kappa shape index (κ1) is 9.97. The lowest BCUT2D eigenvalue weighted by atomic mass is 9.93. The highest BCUT2D eigenvalue weighted by Gasteiger charge is 2.17. The minimum Gasteiger partial charge on any atom is -0.364 e. The maximum absolute atomic E-state index is 3.30. The van der Waals surface area contributed by atoms with Crippen molar-refractivity contribution in [1.82, 2.24) is 9.97 Å². The summed E-state index contributed by atoms with van der Waals surface area (Å²) in [5.41, 5.74) is 3.70. The van der Waals surface area contributed by atoms with Crippen LogP contribution < -0.4 is 0 Å². The van der Waals surface area contributed by atoms with Gasteiger partial charge in [-0.05, 0) is 29.8 Å². The molecule has 0 aliphatic rings. The number of H-pyrrole nitrogens is 2. The first-order valence-electron chi connectivity index (χ1n) is 5.76. The molecule has 0 aliphatic heterocycles. The average Bonchev–Trinajstić information content (AvgIpc) is 3.04. The number of nitrogens with one attached hydrogen (secondary N) is 2. The van der Waals surface area contributed by atoms with Crippen LogP contribution in [0.25, 0.3) is 0 Å². The maximum atomic E-state index is 3.30. The van der Waals surface area contributed by atoms with E-state index in [2.05, 4.69) is 46.4 Å². The third-order valence-electron chi connectivity index (χ3n) is 3.00. The van der Waals surface area contributed by atoms with Crippen LogP contribution in [0, 0.1) is 0 Å². The molecule has 0 radical (unpaired) electrons. The van der Waals surface area contributed by atoms with Crippen molar-refractivity contribution in [3.63, 3.8) is 0 Å². The summed E-state index contributed by atoms with van der Waals surface area (Å²) < 4.78 is 0. The molecule has 17 heavy (non-hydrogen) atoms. The van der Waals surface area contributed by atoms with Gasteiger partial charge in [-0.25, -0.2) is 0 Å². The molecule has 2 nitrogen and oxygen atoms in total. The monoisotopic (exact) mass is 224 g/mol. The van der Waals surface area contributed by atoms with Gasteiger partial charge in [-0.1, -0.05) is 30.3 Å². The zero-order valence-corrected chi connectivity index (χ0v) is 9.43. The predicted molar refractivity (Wildman–Crippen MR) is 69.0 cm³/mol. The van der Waals surface area contributed by atoms with Crippen LogP contribution in [0.1, 0.15) is 22.9 Å². The van der Waals surface area contributed by atoms with Gasteiger partial charge in [0.25, 0.3) is 0 Å². The summed E-state index contributed by atoms with van der Waals surface area (Å²) in [7, 11) is 0. The molecule has 2 aromatic heterocycles. The molecule has 0 saturated heterocycles. The predicted octanol–water partition coefficient (Wildman–Crippen LogP) is 3.52. The van der Waals surface area contributed by atoms with E-state index in [0.717, 1.165) is 0 Å². The molecule has 0 saturated carbocycles. The fourth-order valence-electron chi connectivity index (χ4n) is 2.22. The van der Waals surface area contributed by atoms with E-state index in [-0.39, 0.29) is 5.92 Å². The summed E-state index contributed by atoms with van der Waals surface area (Å²) >= 11 is 0. The van der Waals surface area contributed by atoms with E-state index in [4.69, 9.17) is 0 Å². The van der Waals surface area contributed by atoms with Gasteiger partial charge in [0.1, 0.15) is 0 Å². The van der Waals surface area contributed by atoms with Gasteiger partial charge in [0.2, 0.25) is 0 Å². The van der Waals surface area contributed by atoms with Crippen molar-refractivity contribution in [2.24, 2.45) is 0 Å². The van der Waals surface area contributed by atoms with E-state index in [1.54, 1.807) is 0 Å². The zero-order valence-electron chi connectivity index (χ0n) is 9.43. The Morgan fingerprint density at radius 1 is 0.647 bits per heavy atom. The second kappa shape index (κ2) is 4.34. The van der Waals surface area contributed by atoms with Crippen LogP contribution in [0.3, 0.4) is 0 Å². The summed E-state index contributed by atoms with van der Waals surface area (Å²) in [4.78, 5) is 6.61. The Kier molecular flexibility index (Phi) is 2.54. The van der Waals surface area contributed by atoms with E-state index in [9.17, 15) is 0 Å². The van der Waals surface area contributed by atoms with Crippen molar-refractivity contribution in [2.45, 2.75) is 5.92 Å². The number of hydrogen-bond donors (Lipinski definition) is 2. The summed E-state index contributed by atoms with van der Waals surface area (Å²) in [6.45, 7) is 0. The first-order chi connectivity index (χ1) is 8.45. The van der Waals surface area contributed by atoms with Gasteiger partial charge in [0, 0.05) is 23.8 Å². The molecule has 0 fully saturated rings. The molecule has 0 amide bonds. The Balaban J connectivity index is 2.10. The number of aromatic nitrogens is 2. The fourth-order valence-corrected chi connectivity index (χ4v) is 2.22. The number of hydrogen-bond acceptors (Lipinski definition) is 0. The number of benzene rings is 1. The molecule has 0 unspecified atom stereocenters. The summed E-state index contributed by atoms with van der Waals surface area (Å²) in [6.07, 6.45) is 3.93.